The van der Waals surface area contributed by atoms with Crippen LogP contribution in [0.4, 0.5) is 4.39 Å². The van der Waals surface area contributed by atoms with E-state index in [1.165, 1.54) is 17.0 Å². The third-order valence-corrected chi connectivity index (χ3v) is 4.14. The first-order valence-electron chi connectivity index (χ1n) is 5.64. The Balaban J connectivity index is 2.20. The molecule has 1 aromatic carbocycles. The fourth-order valence-corrected chi connectivity index (χ4v) is 3.05. The number of thiazole rings is 1. The summed E-state index contributed by atoms with van der Waals surface area (Å²) in [7, 11) is 1.91. The van der Waals surface area contributed by atoms with Crippen LogP contribution in [0.15, 0.2) is 18.2 Å². The fourth-order valence-electron chi connectivity index (χ4n) is 1.72. The molecule has 0 atom stereocenters. The summed E-state index contributed by atoms with van der Waals surface area (Å²) in [4.78, 5) is 5.74. The van der Waals surface area contributed by atoms with Gasteiger partial charge >= 0.3 is 0 Å². The van der Waals surface area contributed by atoms with Crippen molar-refractivity contribution in [2.24, 2.45) is 0 Å². The van der Waals surface area contributed by atoms with Gasteiger partial charge in [-0.3, -0.25) is 0 Å². The second kappa shape index (κ2) is 5.78. The third-order valence-electron chi connectivity index (χ3n) is 2.63. The zero-order chi connectivity index (χ0) is 13.1. The van der Waals surface area contributed by atoms with E-state index in [2.05, 4.69) is 10.3 Å². The number of halogens is 2. The van der Waals surface area contributed by atoms with Gasteiger partial charge in [-0.1, -0.05) is 17.7 Å². The van der Waals surface area contributed by atoms with Crippen LogP contribution < -0.4 is 5.32 Å². The Hall–Kier alpha value is -0.970. The summed E-state index contributed by atoms with van der Waals surface area (Å²) in [5.41, 5.74) is 1.95. The number of hydrogen-bond acceptors (Lipinski definition) is 3. The number of hydrogen-bond donors (Lipinski definition) is 1. The van der Waals surface area contributed by atoms with E-state index in [0.717, 1.165) is 22.8 Å². The highest BCUT2D eigenvalue weighted by molar-refractivity contribution is 7.11. The topological polar surface area (TPSA) is 24.9 Å². The minimum Gasteiger partial charge on any atom is -0.315 e. The number of rotatable bonds is 4. The molecule has 5 heteroatoms. The van der Waals surface area contributed by atoms with E-state index in [4.69, 9.17) is 11.6 Å². The molecule has 2 aromatic rings. The highest BCUT2D eigenvalue weighted by Crippen LogP contribution is 2.24. The number of aromatic nitrogens is 1. The van der Waals surface area contributed by atoms with E-state index < -0.39 is 0 Å². The molecule has 0 saturated heterocycles. The predicted octanol–water partition coefficient (Wildman–Crippen LogP) is 3.55. The average Bonchev–Trinajstić information content (AvgIpc) is 2.64. The molecule has 0 aliphatic carbocycles. The molecule has 2 nitrogen and oxygen atoms in total. The van der Waals surface area contributed by atoms with Crippen molar-refractivity contribution in [3.05, 3.63) is 50.2 Å². The summed E-state index contributed by atoms with van der Waals surface area (Å²) in [6, 6.07) is 4.48. The molecular formula is C13H14ClFN2S. The molecule has 96 valence electrons. The lowest BCUT2D eigenvalue weighted by Crippen LogP contribution is -2.04. The standard InChI is InChI=1S/C13H14ClFN2S/c1-8-12(7-16-2)18-13(17-8)5-9-3-4-10(15)6-11(9)14/h3-4,6,16H,5,7H2,1-2H3. The SMILES string of the molecule is CNCc1sc(Cc2ccc(F)cc2Cl)nc1C. The van der Waals surface area contributed by atoms with Gasteiger partial charge < -0.3 is 5.32 Å². The maximum Gasteiger partial charge on any atom is 0.124 e. The number of nitrogens with zero attached hydrogens (tertiary/aromatic N) is 1. The zero-order valence-electron chi connectivity index (χ0n) is 10.3. The average molecular weight is 285 g/mol. The Kier molecular flexibility index (Phi) is 4.32. The van der Waals surface area contributed by atoms with Crippen molar-refractivity contribution in [1.82, 2.24) is 10.3 Å². The van der Waals surface area contributed by atoms with Crippen molar-refractivity contribution in [3.8, 4) is 0 Å². The minimum absolute atomic E-state index is 0.310. The Morgan fingerprint density at radius 1 is 1.44 bits per heavy atom. The van der Waals surface area contributed by atoms with Gasteiger partial charge in [0, 0.05) is 22.9 Å². The van der Waals surface area contributed by atoms with Crippen LogP contribution in [0.1, 0.15) is 21.1 Å². The monoisotopic (exact) mass is 284 g/mol. The maximum absolute atomic E-state index is 12.9. The second-order valence-electron chi connectivity index (χ2n) is 4.06. The molecule has 0 aliphatic heterocycles. The normalized spacial score (nSPS) is 10.9. The van der Waals surface area contributed by atoms with Crippen LogP contribution in [0, 0.1) is 12.7 Å². The molecule has 0 radical (unpaired) electrons. The van der Waals surface area contributed by atoms with Crippen LogP contribution in [0.25, 0.3) is 0 Å². The van der Waals surface area contributed by atoms with E-state index in [1.807, 2.05) is 14.0 Å². The Labute approximate surface area is 115 Å². The van der Waals surface area contributed by atoms with Crippen molar-refractivity contribution in [2.75, 3.05) is 7.05 Å². The molecule has 1 heterocycles. The van der Waals surface area contributed by atoms with Crippen LogP contribution in [0.3, 0.4) is 0 Å². The molecule has 1 N–H and O–H groups in total. The van der Waals surface area contributed by atoms with E-state index in [1.54, 1.807) is 17.4 Å². The molecule has 0 spiro atoms. The lowest BCUT2D eigenvalue weighted by molar-refractivity contribution is 0.627. The summed E-state index contributed by atoms with van der Waals surface area (Å²) in [5.74, 6) is -0.310. The molecule has 0 fully saturated rings. The minimum atomic E-state index is -0.310. The second-order valence-corrected chi connectivity index (χ2v) is 5.63. The Morgan fingerprint density at radius 3 is 2.89 bits per heavy atom. The van der Waals surface area contributed by atoms with Gasteiger partial charge in [0.25, 0.3) is 0 Å². The molecule has 0 aliphatic rings. The molecule has 0 saturated carbocycles. The fraction of sp³-hybridized carbons (Fsp3) is 0.308. The summed E-state index contributed by atoms with van der Waals surface area (Å²) < 4.78 is 12.9. The van der Waals surface area contributed by atoms with E-state index >= 15 is 0 Å². The highest BCUT2D eigenvalue weighted by atomic mass is 35.5. The summed E-state index contributed by atoms with van der Waals surface area (Å²) in [6.45, 7) is 2.82. The van der Waals surface area contributed by atoms with Gasteiger partial charge in [0.05, 0.1) is 10.7 Å². The van der Waals surface area contributed by atoms with Gasteiger partial charge in [-0.25, -0.2) is 9.37 Å². The van der Waals surface area contributed by atoms with Crippen molar-refractivity contribution >= 4 is 22.9 Å². The zero-order valence-corrected chi connectivity index (χ0v) is 11.8. The van der Waals surface area contributed by atoms with Gasteiger partial charge in [-0.2, -0.15) is 0 Å². The summed E-state index contributed by atoms with van der Waals surface area (Å²) >= 11 is 7.68. The number of aryl methyl sites for hydroxylation is 1. The molecule has 0 amide bonds. The highest BCUT2D eigenvalue weighted by Gasteiger charge is 2.09. The largest absolute Gasteiger partial charge is 0.315 e. The lowest BCUT2D eigenvalue weighted by Gasteiger charge is -2.01. The van der Waals surface area contributed by atoms with E-state index in [9.17, 15) is 4.39 Å². The van der Waals surface area contributed by atoms with Crippen molar-refractivity contribution < 1.29 is 4.39 Å². The molecule has 1 aromatic heterocycles. The van der Waals surface area contributed by atoms with Crippen molar-refractivity contribution in [3.63, 3.8) is 0 Å². The predicted molar refractivity (Wildman–Crippen MR) is 73.8 cm³/mol. The van der Waals surface area contributed by atoms with Crippen molar-refractivity contribution in [2.45, 2.75) is 19.9 Å². The first kappa shape index (κ1) is 13.5. The van der Waals surface area contributed by atoms with Crippen LogP contribution in [-0.4, -0.2) is 12.0 Å². The smallest absolute Gasteiger partial charge is 0.124 e. The molecule has 0 unspecified atom stereocenters. The molecule has 0 bridgehead atoms. The van der Waals surface area contributed by atoms with Gasteiger partial charge in [-0.15, -0.1) is 11.3 Å². The number of nitrogens with one attached hydrogen (secondary N) is 1. The summed E-state index contributed by atoms with van der Waals surface area (Å²) in [5, 5.41) is 4.58. The van der Waals surface area contributed by atoms with E-state index in [0.29, 0.717) is 11.4 Å². The molecular weight excluding hydrogens is 271 g/mol. The van der Waals surface area contributed by atoms with Crippen molar-refractivity contribution in [1.29, 1.82) is 0 Å². The lowest BCUT2D eigenvalue weighted by atomic mass is 10.1. The van der Waals surface area contributed by atoms with E-state index in [-0.39, 0.29) is 5.82 Å². The molecule has 2 rings (SSSR count). The third kappa shape index (κ3) is 3.07. The van der Waals surface area contributed by atoms with Gasteiger partial charge in [0.1, 0.15) is 5.82 Å². The van der Waals surface area contributed by atoms with Crippen LogP contribution >= 0.6 is 22.9 Å². The van der Waals surface area contributed by atoms with Gasteiger partial charge in [0.15, 0.2) is 0 Å². The number of benzene rings is 1. The van der Waals surface area contributed by atoms with Gasteiger partial charge in [-0.05, 0) is 31.7 Å². The Bertz CT molecular complexity index is 554. The van der Waals surface area contributed by atoms with Crippen LogP contribution in [0.5, 0.6) is 0 Å². The molecule has 18 heavy (non-hydrogen) atoms. The summed E-state index contributed by atoms with van der Waals surface area (Å²) in [6.07, 6.45) is 0.647. The van der Waals surface area contributed by atoms with Crippen LogP contribution in [-0.2, 0) is 13.0 Å². The Morgan fingerprint density at radius 2 is 2.22 bits per heavy atom. The first-order valence-corrected chi connectivity index (χ1v) is 6.83. The van der Waals surface area contributed by atoms with Gasteiger partial charge in [0.2, 0.25) is 0 Å². The quantitative estimate of drug-likeness (QED) is 0.929. The van der Waals surface area contributed by atoms with Crippen LogP contribution in [0.2, 0.25) is 5.02 Å². The maximum atomic E-state index is 12.9. The first-order chi connectivity index (χ1) is 8.60.